The highest BCUT2D eigenvalue weighted by molar-refractivity contribution is 5.74. The highest BCUT2D eigenvalue weighted by Crippen LogP contribution is 2.37. The Morgan fingerprint density at radius 2 is 1.89 bits per heavy atom. The Bertz CT molecular complexity index is 568. The molecule has 0 bridgehead atoms. The molecule has 0 saturated heterocycles. The molecule has 0 aromatic heterocycles. The lowest BCUT2D eigenvalue weighted by Crippen LogP contribution is -2.43. The zero-order valence-electron chi connectivity index (χ0n) is 11.7. The van der Waals surface area contributed by atoms with Gasteiger partial charge in [0.05, 0.1) is 26.0 Å². The van der Waals surface area contributed by atoms with Gasteiger partial charge in [0.25, 0.3) is 0 Å². The second-order valence-electron chi connectivity index (χ2n) is 5.24. The number of ether oxygens (including phenoxy) is 2. The lowest BCUT2D eigenvalue weighted by molar-refractivity contribution is 0.352. The summed E-state index contributed by atoms with van der Waals surface area (Å²) in [6.45, 7) is 4.22. The monoisotopic (exact) mass is 258 g/mol. The topological polar surface area (TPSA) is 54.3 Å². The second kappa shape index (κ2) is 4.85. The smallest absolute Gasteiger partial charge is 0.161 e. The van der Waals surface area contributed by atoms with E-state index < -0.39 is 0 Å². The number of nitriles is 1. The molecule has 100 valence electrons. The third-order valence-electron chi connectivity index (χ3n) is 3.21. The molecule has 0 amide bonds. The van der Waals surface area contributed by atoms with Crippen LogP contribution in [-0.2, 0) is 6.42 Å². The first-order chi connectivity index (χ1) is 9.00. The summed E-state index contributed by atoms with van der Waals surface area (Å²) >= 11 is 0. The zero-order chi connectivity index (χ0) is 14.0. The zero-order valence-corrected chi connectivity index (χ0v) is 11.7. The van der Waals surface area contributed by atoms with E-state index in [1.54, 1.807) is 14.2 Å². The summed E-state index contributed by atoms with van der Waals surface area (Å²) in [5.41, 5.74) is 2.89. The number of hydrogen-bond acceptors (Lipinski definition) is 4. The third-order valence-corrected chi connectivity index (χ3v) is 3.21. The van der Waals surface area contributed by atoms with Gasteiger partial charge in [-0.05, 0) is 38.0 Å². The number of methoxy groups -OCH3 is 2. The molecule has 0 spiro atoms. The third kappa shape index (κ3) is 2.50. The van der Waals surface area contributed by atoms with Gasteiger partial charge in [0.2, 0.25) is 0 Å². The van der Waals surface area contributed by atoms with E-state index in [2.05, 4.69) is 25.2 Å². The molecule has 1 N–H and O–H groups in total. The second-order valence-corrected chi connectivity index (χ2v) is 5.24. The first-order valence-electron chi connectivity index (χ1n) is 6.14. The van der Waals surface area contributed by atoms with Crippen LogP contribution in [0.4, 0.5) is 0 Å². The van der Waals surface area contributed by atoms with E-state index in [0.29, 0.717) is 5.75 Å². The summed E-state index contributed by atoms with van der Waals surface area (Å²) in [4.78, 5) is 0. The average Bonchev–Trinajstić information content (AvgIpc) is 2.36. The van der Waals surface area contributed by atoms with Crippen molar-refractivity contribution in [3.63, 3.8) is 0 Å². The highest BCUT2D eigenvalue weighted by atomic mass is 16.5. The summed E-state index contributed by atoms with van der Waals surface area (Å²) in [5.74, 6) is 1.39. The van der Waals surface area contributed by atoms with Crippen LogP contribution >= 0.6 is 0 Å². The molecular formula is C15H18N2O2. The lowest BCUT2D eigenvalue weighted by Gasteiger charge is -2.35. The van der Waals surface area contributed by atoms with Crippen molar-refractivity contribution in [2.24, 2.45) is 0 Å². The van der Waals surface area contributed by atoms with Crippen molar-refractivity contribution in [1.82, 2.24) is 5.32 Å². The largest absolute Gasteiger partial charge is 0.493 e. The minimum Gasteiger partial charge on any atom is -0.493 e. The minimum atomic E-state index is -0.0880. The minimum absolute atomic E-state index is 0.0880. The van der Waals surface area contributed by atoms with Crippen molar-refractivity contribution in [2.75, 3.05) is 14.2 Å². The lowest BCUT2D eigenvalue weighted by atomic mass is 9.85. The van der Waals surface area contributed by atoms with Crippen LogP contribution in [0.1, 0.15) is 25.0 Å². The Labute approximate surface area is 113 Å². The average molecular weight is 258 g/mol. The van der Waals surface area contributed by atoms with E-state index in [1.807, 2.05) is 12.1 Å². The van der Waals surface area contributed by atoms with Gasteiger partial charge in [-0.25, -0.2) is 0 Å². The molecule has 4 heteroatoms. The van der Waals surface area contributed by atoms with Gasteiger partial charge in [-0.3, -0.25) is 0 Å². The van der Waals surface area contributed by atoms with Crippen molar-refractivity contribution >= 4 is 5.70 Å². The van der Waals surface area contributed by atoms with Gasteiger partial charge in [0.1, 0.15) is 0 Å². The maximum atomic E-state index is 8.92. The molecule has 2 rings (SSSR count). The first kappa shape index (κ1) is 13.3. The van der Waals surface area contributed by atoms with Crippen LogP contribution in [-0.4, -0.2) is 19.8 Å². The van der Waals surface area contributed by atoms with Gasteiger partial charge in [-0.2, -0.15) is 5.26 Å². The molecule has 0 radical (unpaired) electrons. The Kier molecular flexibility index (Phi) is 3.39. The van der Waals surface area contributed by atoms with Crippen molar-refractivity contribution < 1.29 is 9.47 Å². The summed E-state index contributed by atoms with van der Waals surface area (Å²) in [7, 11) is 3.24. The molecule has 0 atom stereocenters. The van der Waals surface area contributed by atoms with Crippen LogP contribution in [0.15, 0.2) is 18.2 Å². The standard InChI is InChI=1S/C15H18N2O2/c1-15(2)9-10-7-13(18-3)14(19-4)8-11(10)12(17-15)5-6-16/h5,7-8,17H,9H2,1-4H3. The van der Waals surface area contributed by atoms with Gasteiger partial charge in [0.15, 0.2) is 11.5 Å². The van der Waals surface area contributed by atoms with Gasteiger partial charge < -0.3 is 14.8 Å². The Hall–Kier alpha value is -2.15. The molecule has 1 aromatic carbocycles. The number of benzene rings is 1. The van der Waals surface area contributed by atoms with Crippen molar-refractivity contribution in [3.05, 3.63) is 29.3 Å². The molecule has 1 aromatic rings. The molecule has 0 fully saturated rings. The quantitative estimate of drug-likeness (QED) is 0.828. The normalized spacial score (nSPS) is 18.2. The Morgan fingerprint density at radius 1 is 1.26 bits per heavy atom. The SMILES string of the molecule is COc1cc2c(cc1OC)C(=CC#N)NC(C)(C)C2. The van der Waals surface area contributed by atoms with E-state index >= 15 is 0 Å². The molecule has 0 unspecified atom stereocenters. The van der Waals surface area contributed by atoms with Gasteiger partial charge >= 0.3 is 0 Å². The van der Waals surface area contributed by atoms with Crippen LogP contribution < -0.4 is 14.8 Å². The molecule has 0 saturated carbocycles. The van der Waals surface area contributed by atoms with E-state index in [0.717, 1.165) is 29.0 Å². The number of allylic oxidation sites excluding steroid dienone is 1. The number of nitrogens with zero attached hydrogens (tertiary/aromatic N) is 1. The fourth-order valence-corrected chi connectivity index (χ4v) is 2.45. The maximum Gasteiger partial charge on any atom is 0.161 e. The van der Waals surface area contributed by atoms with E-state index in [4.69, 9.17) is 14.7 Å². The number of hydrogen-bond donors (Lipinski definition) is 1. The Balaban J connectivity index is 2.61. The maximum absolute atomic E-state index is 8.92. The van der Waals surface area contributed by atoms with Crippen LogP contribution in [0.3, 0.4) is 0 Å². The Morgan fingerprint density at radius 3 is 2.47 bits per heavy atom. The van der Waals surface area contributed by atoms with Crippen LogP contribution in [0.5, 0.6) is 11.5 Å². The van der Waals surface area contributed by atoms with Gasteiger partial charge in [0, 0.05) is 17.2 Å². The van der Waals surface area contributed by atoms with E-state index in [9.17, 15) is 0 Å². The fourth-order valence-electron chi connectivity index (χ4n) is 2.45. The molecule has 19 heavy (non-hydrogen) atoms. The van der Waals surface area contributed by atoms with Crippen LogP contribution in [0.25, 0.3) is 5.70 Å². The number of nitrogens with one attached hydrogen (secondary N) is 1. The molecule has 1 heterocycles. The van der Waals surface area contributed by atoms with Crippen molar-refractivity contribution in [2.45, 2.75) is 25.8 Å². The fraction of sp³-hybridized carbons (Fsp3) is 0.400. The number of fused-ring (bicyclic) bond motifs is 1. The van der Waals surface area contributed by atoms with E-state index in [1.165, 1.54) is 6.08 Å². The molecule has 0 aliphatic carbocycles. The summed E-state index contributed by atoms with van der Waals surface area (Å²) in [6.07, 6.45) is 2.40. The predicted octanol–water partition coefficient (Wildman–Crippen LogP) is 2.49. The van der Waals surface area contributed by atoms with Gasteiger partial charge in [-0.1, -0.05) is 0 Å². The summed E-state index contributed by atoms with van der Waals surface area (Å²) in [5, 5.41) is 12.3. The number of rotatable bonds is 2. The highest BCUT2D eigenvalue weighted by Gasteiger charge is 2.29. The molecule has 1 aliphatic heterocycles. The first-order valence-corrected chi connectivity index (χ1v) is 6.14. The van der Waals surface area contributed by atoms with Crippen LogP contribution in [0, 0.1) is 11.3 Å². The summed E-state index contributed by atoms with van der Waals surface area (Å²) in [6, 6.07) is 5.99. The predicted molar refractivity (Wildman–Crippen MR) is 74.1 cm³/mol. The summed E-state index contributed by atoms with van der Waals surface area (Å²) < 4.78 is 10.7. The van der Waals surface area contributed by atoms with Crippen molar-refractivity contribution in [1.29, 1.82) is 5.26 Å². The molecular weight excluding hydrogens is 240 g/mol. The van der Waals surface area contributed by atoms with E-state index in [-0.39, 0.29) is 5.54 Å². The van der Waals surface area contributed by atoms with Gasteiger partial charge in [-0.15, -0.1) is 0 Å². The molecule has 1 aliphatic rings. The van der Waals surface area contributed by atoms with Crippen molar-refractivity contribution in [3.8, 4) is 17.6 Å². The molecule has 4 nitrogen and oxygen atoms in total. The van der Waals surface area contributed by atoms with Crippen LogP contribution in [0.2, 0.25) is 0 Å².